The van der Waals surface area contributed by atoms with E-state index in [0.29, 0.717) is 17.2 Å². The number of hydrogen-bond donors (Lipinski definition) is 1. The van der Waals surface area contributed by atoms with E-state index in [9.17, 15) is 14.9 Å². The fourth-order valence-corrected chi connectivity index (χ4v) is 2.39. The summed E-state index contributed by atoms with van der Waals surface area (Å²) in [7, 11) is 1.55. The first-order valence-electron chi connectivity index (χ1n) is 7.65. The first-order chi connectivity index (χ1) is 11.9. The van der Waals surface area contributed by atoms with Gasteiger partial charge in [-0.3, -0.25) is 19.6 Å². The lowest BCUT2D eigenvalue weighted by Gasteiger charge is -2.11. The summed E-state index contributed by atoms with van der Waals surface area (Å²) in [5.41, 5.74) is 0.574. The Hall–Kier alpha value is -3.10. The number of amides is 1. The number of carbonyl (C=O) groups is 1. The van der Waals surface area contributed by atoms with Gasteiger partial charge in [-0.1, -0.05) is 12.1 Å². The zero-order chi connectivity index (χ0) is 18.4. The van der Waals surface area contributed by atoms with Gasteiger partial charge in [0.05, 0.1) is 18.6 Å². The number of nitrogens with one attached hydrogen (secondary N) is 1. The monoisotopic (exact) mass is 348 g/mol. The van der Waals surface area contributed by atoms with E-state index in [2.05, 4.69) is 10.4 Å². The van der Waals surface area contributed by atoms with Crippen LogP contribution in [0.1, 0.15) is 11.4 Å². The first kappa shape index (κ1) is 18.2. The molecule has 25 heavy (non-hydrogen) atoms. The topological polar surface area (TPSA) is 109 Å². The van der Waals surface area contributed by atoms with E-state index in [1.165, 1.54) is 4.68 Å². The number of ether oxygens (including phenoxy) is 2. The van der Waals surface area contributed by atoms with E-state index in [-0.39, 0.29) is 37.0 Å². The minimum atomic E-state index is -0.493. The summed E-state index contributed by atoms with van der Waals surface area (Å²) in [5, 5.41) is 17.7. The predicted molar refractivity (Wildman–Crippen MR) is 89.9 cm³/mol. The Morgan fingerprint density at radius 2 is 2.00 bits per heavy atom. The Kier molecular flexibility index (Phi) is 5.93. The number of para-hydroxylation sites is 2. The third-order valence-electron chi connectivity index (χ3n) is 3.57. The Labute approximate surface area is 144 Å². The highest BCUT2D eigenvalue weighted by Crippen LogP contribution is 2.25. The summed E-state index contributed by atoms with van der Waals surface area (Å²) < 4.78 is 12.0. The molecule has 1 aromatic carbocycles. The molecule has 0 saturated carbocycles. The molecule has 0 spiro atoms. The van der Waals surface area contributed by atoms with Crippen molar-refractivity contribution in [3.8, 4) is 11.5 Å². The maximum absolute atomic E-state index is 12.0. The van der Waals surface area contributed by atoms with Gasteiger partial charge < -0.3 is 14.8 Å². The average molecular weight is 348 g/mol. The zero-order valence-electron chi connectivity index (χ0n) is 14.3. The van der Waals surface area contributed by atoms with Gasteiger partial charge in [-0.2, -0.15) is 5.10 Å². The van der Waals surface area contributed by atoms with Gasteiger partial charge in [-0.15, -0.1) is 0 Å². The van der Waals surface area contributed by atoms with Crippen LogP contribution in [0, 0.1) is 24.0 Å². The highest BCUT2D eigenvalue weighted by molar-refractivity contribution is 5.75. The van der Waals surface area contributed by atoms with Crippen molar-refractivity contribution in [3.05, 3.63) is 45.8 Å². The van der Waals surface area contributed by atoms with Crippen LogP contribution in [0.25, 0.3) is 0 Å². The van der Waals surface area contributed by atoms with Crippen LogP contribution in [0.4, 0.5) is 5.69 Å². The normalized spacial score (nSPS) is 10.4. The van der Waals surface area contributed by atoms with Gasteiger partial charge >= 0.3 is 5.69 Å². The molecule has 2 rings (SSSR count). The molecular weight excluding hydrogens is 328 g/mol. The molecule has 134 valence electrons. The Bertz CT molecular complexity index is 772. The molecule has 1 aromatic heterocycles. The van der Waals surface area contributed by atoms with Gasteiger partial charge in [0.25, 0.3) is 0 Å². The van der Waals surface area contributed by atoms with Crippen molar-refractivity contribution in [3.63, 3.8) is 0 Å². The molecule has 0 atom stereocenters. The molecule has 0 aliphatic heterocycles. The number of carbonyl (C=O) groups excluding carboxylic acids is 1. The van der Waals surface area contributed by atoms with Crippen molar-refractivity contribution in [2.24, 2.45) is 0 Å². The molecule has 9 nitrogen and oxygen atoms in total. The number of nitrogens with zero attached hydrogens (tertiary/aromatic N) is 3. The lowest BCUT2D eigenvalue weighted by Crippen LogP contribution is -2.31. The van der Waals surface area contributed by atoms with Crippen molar-refractivity contribution >= 4 is 11.6 Å². The Morgan fingerprint density at radius 1 is 1.32 bits per heavy atom. The summed E-state index contributed by atoms with van der Waals surface area (Å²) in [6.07, 6.45) is 0. The van der Waals surface area contributed by atoms with Crippen molar-refractivity contribution in [2.45, 2.75) is 20.4 Å². The average Bonchev–Trinajstić information content (AvgIpc) is 2.85. The number of nitro groups is 1. The Balaban J connectivity index is 1.83. The van der Waals surface area contributed by atoms with E-state index < -0.39 is 4.92 Å². The van der Waals surface area contributed by atoms with Crippen LogP contribution in [0.15, 0.2) is 24.3 Å². The van der Waals surface area contributed by atoms with E-state index in [1.807, 2.05) is 12.1 Å². The zero-order valence-corrected chi connectivity index (χ0v) is 14.3. The van der Waals surface area contributed by atoms with E-state index in [4.69, 9.17) is 9.47 Å². The smallest absolute Gasteiger partial charge is 0.312 e. The van der Waals surface area contributed by atoms with Crippen LogP contribution in [-0.2, 0) is 11.3 Å². The van der Waals surface area contributed by atoms with Crippen LogP contribution in [0.5, 0.6) is 11.5 Å². The standard InChI is InChI=1S/C16H20N4O5/c1-11-16(20(22)23)12(2)19(18-11)10-15(21)17-8-9-25-14-7-5-4-6-13(14)24-3/h4-7H,8-10H2,1-3H3,(H,17,21). The number of methoxy groups -OCH3 is 1. The number of aryl methyl sites for hydroxylation is 1. The van der Waals surface area contributed by atoms with Crippen molar-refractivity contribution in [2.75, 3.05) is 20.3 Å². The van der Waals surface area contributed by atoms with Crippen LogP contribution >= 0.6 is 0 Å². The molecule has 1 N–H and O–H groups in total. The maximum Gasteiger partial charge on any atom is 0.312 e. The summed E-state index contributed by atoms with van der Waals surface area (Å²) in [6.45, 7) is 3.58. The maximum atomic E-state index is 12.0. The SMILES string of the molecule is COc1ccccc1OCCNC(=O)Cn1nc(C)c([N+](=O)[O-])c1C. The minimum absolute atomic E-state index is 0.0627. The van der Waals surface area contributed by atoms with Gasteiger partial charge in [-0.05, 0) is 26.0 Å². The second kappa shape index (κ2) is 8.13. The number of benzene rings is 1. The third kappa shape index (κ3) is 4.46. The summed E-state index contributed by atoms with van der Waals surface area (Å²) in [6, 6.07) is 7.21. The molecule has 1 amide bonds. The summed E-state index contributed by atoms with van der Waals surface area (Å²) in [5.74, 6) is 0.904. The molecule has 1 heterocycles. The van der Waals surface area contributed by atoms with Crippen molar-refractivity contribution in [1.29, 1.82) is 0 Å². The van der Waals surface area contributed by atoms with Crippen LogP contribution < -0.4 is 14.8 Å². The lowest BCUT2D eigenvalue weighted by atomic mass is 10.3. The molecule has 0 fully saturated rings. The molecule has 0 bridgehead atoms. The molecule has 0 aliphatic rings. The molecule has 0 radical (unpaired) electrons. The van der Waals surface area contributed by atoms with Gasteiger partial charge in [0.15, 0.2) is 11.5 Å². The number of hydrogen-bond acceptors (Lipinski definition) is 6. The van der Waals surface area contributed by atoms with Gasteiger partial charge in [-0.25, -0.2) is 0 Å². The number of rotatable bonds is 8. The summed E-state index contributed by atoms with van der Waals surface area (Å²) >= 11 is 0. The second-order valence-corrected chi connectivity index (χ2v) is 5.28. The quantitative estimate of drug-likeness (QED) is 0.441. The molecule has 2 aromatic rings. The van der Waals surface area contributed by atoms with E-state index in [0.717, 1.165) is 0 Å². The van der Waals surface area contributed by atoms with Crippen LogP contribution in [0.3, 0.4) is 0 Å². The van der Waals surface area contributed by atoms with E-state index >= 15 is 0 Å². The van der Waals surface area contributed by atoms with E-state index in [1.54, 1.807) is 33.1 Å². The van der Waals surface area contributed by atoms with Crippen LogP contribution in [-0.4, -0.2) is 40.9 Å². The van der Waals surface area contributed by atoms with Crippen molar-refractivity contribution < 1.29 is 19.2 Å². The van der Waals surface area contributed by atoms with Gasteiger partial charge in [0, 0.05) is 0 Å². The fraction of sp³-hybridized carbons (Fsp3) is 0.375. The lowest BCUT2D eigenvalue weighted by molar-refractivity contribution is -0.386. The second-order valence-electron chi connectivity index (χ2n) is 5.28. The molecule has 0 saturated heterocycles. The fourth-order valence-electron chi connectivity index (χ4n) is 2.39. The molecule has 0 unspecified atom stereocenters. The molecule has 9 heteroatoms. The largest absolute Gasteiger partial charge is 0.493 e. The van der Waals surface area contributed by atoms with Gasteiger partial charge in [0.1, 0.15) is 24.5 Å². The summed E-state index contributed by atoms with van der Waals surface area (Å²) in [4.78, 5) is 22.4. The predicted octanol–water partition coefficient (Wildman–Crippen LogP) is 1.61. The highest BCUT2D eigenvalue weighted by Gasteiger charge is 2.22. The molecular formula is C16H20N4O5. The molecule has 0 aliphatic carbocycles. The number of aromatic nitrogens is 2. The first-order valence-corrected chi connectivity index (χ1v) is 7.65. The third-order valence-corrected chi connectivity index (χ3v) is 3.57. The Morgan fingerprint density at radius 3 is 2.60 bits per heavy atom. The van der Waals surface area contributed by atoms with Crippen molar-refractivity contribution in [1.82, 2.24) is 15.1 Å². The van der Waals surface area contributed by atoms with Crippen LogP contribution in [0.2, 0.25) is 0 Å². The highest BCUT2D eigenvalue weighted by atomic mass is 16.6. The van der Waals surface area contributed by atoms with Gasteiger partial charge in [0.2, 0.25) is 5.91 Å². The minimum Gasteiger partial charge on any atom is -0.493 e.